The first kappa shape index (κ1) is 20.9. The molecule has 0 bridgehead atoms. The van der Waals surface area contributed by atoms with Gasteiger partial charge in [0.05, 0.1) is 11.3 Å². The highest BCUT2D eigenvalue weighted by Crippen LogP contribution is 2.20. The van der Waals surface area contributed by atoms with Crippen LogP contribution in [0.5, 0.6) is 0 Å². The summed E-state index contributed by atoms with van der Waals surface area (Å²) in [5.41, 5.74) is 6.77. The van der Waals surface area contributed by atoms with Crippen LogP contribution in [0, 0.1) is 5.92 Å². The molecule has 1 aromatic rings. The maximum atomic E-state index is 12.5. The minimum absolute atomic E-state index is 0.0117. The molecule has 2 heterocycles. The molecule has 1 aromatic heterocycles. The number of hydrogen-bond donors (Lipinski definition) is 2. The van der Waals surface area contributed by atoms with E-state index in [1.54, 1.807) is 12.3 Å². The third-order valence-electron chi connectivity index (χ3n) is 4.74. The van der Waals surface area contributed by atoms with Gasteiger partial charge in [-0.15, -0.1) is 0 Å². The average molecular weight is 374 g/mol. The molecule has 2 rings (SSSR count). The third-order valence-corrected chi connectivity index (χ3v) is 4.74. The monoisotopic (exact) mass is 373 g/mol. The Morgan fingerprint density at radius 3 is 3.11 bits per heavy atom. The Labute approximate surface area is 161 Å². The topological polar surface area (TPSA) is 93.4 Å². The molecule has 0 saturated carbocycles. The predicted molar refractivity (Wildman–Crippen MR) is 108 cm³/mol. The van der Waals surface area contributed by atoms with E-state index in [9.17, 15) is 4.79 Å². The number of hydrogen-bond acceptors (Lipinski definition) is 6. The quantitative estimate of drug-likeness (QED) is 0.641. The van der Waals surface area contributed by atoms with Crippen molar-refractivity contribution in [2.75, 3.05) is 38.6 Å². The lowest BCUT2D eigenvalue weighted by molar-refractivity contribution is -0.126. The van der Waals surface area contributed by atoms with E-state index in [4.69, 9.17) is 10.5 Å². The molecular weight excluding hydrogens is 342 g/mol. The molecule has 7 heteroatoms. The third kappa shape index (κ3) is 6.06. The number of rotatable bonds is 8. The van der Waals surface area contributed by atoms with E-state index in [2.05, 4.69) is 26.8 Å². The number of likely N-dealkylation sites (tertiary alicyclic amines) is 1. The summed E-state index contributed by atoms with van der Waals surface area (Å²) >= 11 is 0. The summed E-state index contributed by atoms with van der Waals surface area (Å²) in [6, 6.07) is 0. The molecule has 0 aromatic carbocycles. The number of anilines is 1. The summed E-state index contributed by atoms with van der Waals surface area (Å²) in [5.74, 6) is 0.348. The van der Waals surface area contributed by atoms with E-state index >= 15 is 0 Å². The Hall–Kier alpha value is -2.41. The maximum absolute atomic E-state index is 12.5. The molecule has 1 saturated heterocycles. The standard InChI is InChI=1S/C20H31N5O2/c1-4-8-18-17(13-23-20(21)24-18)15(3)25-11-6-9-16(14-25)19(26)22-10-7-12-27-5-2/h4,8,13,16H,1,5-7,9-12,14H2,2-3H3,(H2,21,24)(H,22,26)/b17-15+,18-8+. The number of amides is 1. The van der Waals surface area contributed by atoms with Crippen molar-refractivity contribution in [1.82, 2.24) is 20.2 Å². The number of carbonyl (C=O) groups is 1. The van der Waals surface area contributed by atoms with Crippen LogP contribution in [0.25, 0.3) is 11.8 Å². The molecule has 1 aliphatic heterocycles. The Morgan fingerprint density at radius 2 is 2.37 bits per heavy atom. The van der Waals surface area contributed by atoms with Crippen LogP contribution < -0.4 is 21.6 Å². The fourth-order valence-corrected chi connectivity index (χ4v) is 3.27. The fourth-order valence-electron chi connectivity index (χ4n) is 3.27. The van der Waals surface area contributed by atoms with Crippen molar-refractivity contribution >= 4 is 23.6 Å². The summed E-state index contributed by atoms with van der Waals surface area (Å²) in [6.45, 7) is 11.4. The zero-order valence-corrected chi connectivity index (χ0v) is 16.4. The van der Waals surface area contributed by atoms with Crippen molar-refractivity contribution in [3.05, 3.63) is 29.4 Å². The van der Waals surface area contributed by atoms with Crippen molar-refractivity contribution in [2.24, 2.45) is 5.92 Å². The maximum Gasteiger partial charge on any atom is 0.224 e. The van der Waals surface area contributed by atoms with Gasteiger partial charge in [0.25, 0.3) is 0 Å². The van der Waals surface area contributed by atoms with E-state index < -0.39 is 0 Å². The largest absolute Gasteiger partial charge is 0.382 e. The molecule has 0 aliphatic carbocycles. The molecular formula is C20H31N5O2. The lowest BCUT2D eigenvalue weighted by Crippen LogP contribution is -2.45. The molecule has 27 heavy (non-hydrogen) atoms. The van der Waals surface area contributed by atoms with E-state index in [-0.39, 0.29) is 17.8 Å². The molecule has 3 N–H and O–H groups in total. The second-order valence-electron chi connectivity index (χ2n) is 6.64. The lowest BCUT2D eigenvalue weighted by atomic mass is 9.96. The highest BCUT2D eigenvalue weighted by Gasteiger charge is 2.25. The zero-order valence-electron chi connectivity index (χ0n) is 16.4. The average Bonchev–Trinajstić information content (AvgIpc) is 2.68. The molecule has 1 unspecified atom stereocenters. The van der Waals surface area contributed by atoms with Gasteiger partial charge in [-0.25, -0.2) is 9.97 Å². The van der Waals surface area contributed by atoms with Gasteiger partial charge in [0, 0.05) is 50.0 Å². The summed E-state index contributed by atoms with van der Waals surface area (Å²) in [4.78, 5) is 23.2. The molecule has 0 radical (unpaired) electrons. The molecule has 148 valence electrons. The first-order chi connectivity index (χ1) is 13.1. The first-order valence-corrected chi connectivity index (χ1v) is 9.59. The van der Waals surface area contributed by atoms with Gasteiger partial charge in [-0.05, 0) is 39.2 Å². The van der Waals surface area contributed by atoms with Crippen molar-refractivity contribution in [1.29, 1.82) is 0 Å². The van der Waals surface area contributed by atoms with Crippen molar-refractivity contribution in [3.63, 3.8) is 0 Å². The highest BCUT2D eigenvalue weighted by molar-refractivity contribution is 5.79. The fraction of sp³-hybridized carbons (Fsp3) is 0.550. The van der Waals surface area contributed by atoms with Crippen LogP contribution in [0.2, 0.25) is 0 Å². The Kier molecular flexibility index (Phi) is 8.26. The van der Waals surface area contributed by atoms with Crippen LogP contribution in [0.3, 0.4) is 0 Å². The van der Waals surface area contributed by atoms with Gasteiger partial charge < -0.3 is 20.7 Å². The number of carbonyl (C=O) groups excluding carboxylic acids is 1. The van der Waals surface area contributed by atoms with Crippen LogP contribution in [0.15, 0.2) is 18.9 Å². The Morgan fingerprint density at radius 1 is 1.56 bits per heavy atom. The van der Waals surface area contributed by atoms with E-state index in [0.29, 0.717) is 26.3 Å². The van der Waals surface area contributed by atoms with Crippen molar-refractivity contribution in [2.45, 2.75) is 33.1 Å². The minimum atomic E-state index is -0.0117. The number of piperidine rings is 1. The Balaban J connectivity index is 2.08. The second kappa shape index (κ2) is 10.7. The summed E-state index contributed by atoms with van der Waals surface area (Å²) in [7, 11) is 0. The van der Waals surface area contributed by atoms with E-state index in [0.717, 1.165) is 42.1 Å². The van der Waals surface area contributed by atoms with Crippen LogP contribution in [0.4, 0.5) is 5.95 Å². The number of nitrogen functional groups attached to an aromatic ring is 1. The van der Waals surface area contributed by atoms with Gasteiger partial charge in [0.2, 0.25) is 11.9 Å². The number of aromatic nitrogens is 2. The van der Waals surface area contributed by atoms with Crippen LogP contribution in [-0.4, -0.2) is 53.6 Å². The number of nitrogens with one attached hydrogen (secondary N) is 1. The first-order valence-electron chi connectivity index (χ1n) is 9.59. The summed E-state index contributed by atoms with van der Waals surface area (Å²) in [6.07, 6.45) is 7.97. The smallest absolute Gasteiger partial charge is 0.224 e. The summed E-state index contributed by atoms with van der Waals surface area (Å²) < 4.78 is 5.30. The van der Waals surface area contributed by atoms with Crippen molar-refractivity contribution in [3.8, 4) is 0 Å². The van der Waals surface area contributed by atoms with Gasteiger partial charge >= 0.3 is 0 Å². The number of nitrogens with zero attached hydrogens (tertiary/aromatic N) is 3. The van der Waals surface area contributed by atoms with Gasteiger partial charge in [0.1, 0.15) is 0 Å². The van der Waals surface area contributed by atoms with Crippen LogP contribution in [-0.2, 0) is 9.53 Å². The minimum Gasteiger partial charge on any atom is -0.382 e. The normalized spacial score (nSPS) is 19.0. The number of allylic oxidation sites excluding steroid dienone is 1. The summed E-state index contributed by atoms with van der Waals surface area (Å²) in [5, 5.41) is 4.70. The molecule has 1 atom stereocenters. The second-order valence-corrected chi connectivity index (χ2v) is 6.64. The van der Waals surface area contributed by atoms with E-state index in [1.165, 1.54) is 0 Å². The van der Waals surface area contributed by atoms with Crippen LogP contribution >= 0.6 is 0 Å². The Bertz CT molecular complexity index is 762. The molecule has 0 spiro atoms. The van der Waals surface area contributed by atoms with Gasteiger partial charge in [-0.2, -0.15) is 0 Å². The van der Waals surface area contributed by atoms with Crippen molar-refractivity contribution < 1.29 is 9.53 Å². The number of ether oxygens (including phenoxy) is 1. The molecule has 7 nitrogen and oxygen atoms in total. The molecule has 1 amide bonds. The zero-order chi connectivity index (χ0) is 19.6. The van der Waals surface area contributed by atoms with Crippen LogP contribution in [0.1, 0.15) is 33.1 Å². The molecule has 1 aliphatic rings. The predicted octanol–water partition coefficient (Wildman–Crippen LogP) is 0.408. The van der Waals surface area contributed by atoms with Gasteiger partial charge in [-0.3, -0.25) is 4.79 Å². The lowest BCUT2D eigenvalue weighted by Gasteiger charge is -2.34. The van der Waals surface area contributed by atoms with Gasteiger partial charge in [-0.1, -0.05) is 12.7 Å². The SMILES string of the molecule is C=C/C=c1/nc(N)nc/c1=C(/C)N1CCCC(C(=O)NCCCOCC)C1. The highest BCUT2D eigenvalue weighted by atomic mass is 16.5. The molecule has 1 fully saturated rings. The van der Waals surface area contributed by atoms with E-state index in [1.807, 2.05) is 19.9 Å². The van der Waals surface area contributed by atoms with Gasteiger partial charge in [0.15, 0.2) is 0 Å². The number of nitrogens with two attached hydrogens (primary N) is 1.